The van der Waals surface area contributed by atoms with E-state index in [1.807, 2.05) is 6.07 Å². The summed E-state index contributed by atoms with van der Waals surface area (Å²) in [5.41, 5.74) is 3.13. The monoisotopic (exact) mass is 489 g/mol. The molecule has 182 valence electrons. The second-order valence-electron chi connectivity index (χ2n) is 8.57. The molecule has 36 heavy (non-hydrogen) atoms. The Bertz CT molecular complexity index is 1620. The van der Waals surface area contributed by atoms with Crippen LogP contribution in [0.5, 0.6) is 0 Å². The Morgan fingerprint density at radius 3 is 2.75 bits per heavy atom. The third kappa shape index (κ3) is 3.73. The van der Waals surface area contributed by atoms with Crippen LogP contribution in [0.4, 0.5) is 20.2 Å². The maximum Gasteiger partial charge on any atom is 0.261 e. The van der Waals surface area contributed by atoms with Crippen molar-refractivity contribution >= 4 is 39.1 Å². The smallest absolute Gasteiger partial charge is 0.261 e. The summed E-state index contributed by atoms with van der Waals surface area (Å²) in [4.78, 5) is 19.5. The van der Waals surface area contributed by atoms with Gasteiger partial charge < -0.3 is 15.0 Å². The number of morpholine rings is 1. The van der Waals surface area contributed by atoms with Crippen LogP contribution in [0, 0.1) is 11.6 Å². The molecule has 9 nitrogen and oxygen atoms in total. The molecular formula is C25H21F2N7O2. The van der Waals surface area contributed by atoms with Gasteiger partial charge in [0.25, 0.3) is 5.91 Å². The zero-order valence-corrected chi connectivity index (χ0v) is 19.3. The average Bonchev–Trinajstić information content (AvgIpc) is 3.48. The molecule has 1 aliphatic heterocycles. The molecule has 1 amide bonds. The van der Waals surface area contributed by atoms with Gasteiger partial charge in [-0.2, -0.15) is 10.2 Å². The molecule has 1 saturated heterocycles. The number of aromatic amines is 1. The number of nitrogens with zero attached hydrogens (tertiary/aromatic N) is 5. The van der Waals surface area contributed by atoms with Crippen LogP contribution in [0.2, 0.25) is 0 Å². The molecule has 4 heterocycles. The summed E-state index contributed by atoms with van der Waals surface area (Å²) in [5, 5.41) is 14.8. The van der Waals surface area contributed by atoms with Crippen molar-refractivity contribution in [1.82, 2.24) is 25.0 Å². The summed E-state index contributed by atoms with van der Waals surface area (Å²) in [5.74, 6) is -2.81. The highest BCUT2D eigenvalue weighted by Crippen LogP contribution is 2.31. The van der Waals surface area contributed by atoms with Gasteiger partial charge in [0.05, 0.1) is 47.7 Å². The molecule has 1 aliphatic rings. The van der Waals surface area contributed by atoms with E-state index in [-0.39, 0.29) is 10.9 Å². The second-order valence-corrected chi connectivity index (χ2v) is 8.57. The number of fused-ring (bicyclic) bond motifs is 2. The van der Waals surface area contributed by atoms with E-state index in [0.29, 0.717) is 24.6 Å². The normalized spacial score (nSPS) is 14.0. The largest absolute Gasteiger partial charge is 0.378 e. The van der Waals surface area contributed by atoms with Crippen LogP contribution in [0.25, 0.3) is 33.1 Å². The van der Waals surface area contributed by atoms with Crippen LogP contribution in [-0.4, -0.2) is 57.2 Å². The number of nitrogens with one attached hydrogen (secondary N) is 2. The number of amides is 1. The second kappa shape index (κ2) is 8.68. The molecule has 0 saturated carbocycles. The maximum absolute atomic E-state index is 15.0. The number of pyridine rings is 1. The number of H-pyrrole nitrogens is 1. The molecule has 2 aromatic carbocycles. The zero-order chi connectivity index (χ0) is 24.8. The molecule has 0 radical (unpaired) electrons. The molecule has 0 aliphatic carbocycles. The highest BCUT2D eigenvalue weighted by molar-refractivity contribution is 6.08. The molecule has 1 fully saturated rings. The lowest BCUT2D eigenvalue weighted by atomic mass is 10.1. The lowest BCUT2D eigenvalue weighted by Gasteiger charge is -2.28. The fraction of sp³-hybridized carbons (Fsp3) is 0.200. The average molecular weight is 489 g/mol. The van der Waals surface area contributed by atoms with E-state index < -0.39 is 23.1 Å². The number of aryl methyl sites for hydroxylation is 1. The minimum Gasteiger partial charge on any atom is -0.378 e. The number of benzene rings is 2. The van der Waals surface area contributed by atoms with Gasteiger partial charge in [0.15, 0.2) is 0 Å². The topological polar surface area (TPSA) is 101 Å². The van der Waals surface area contributed by atoms with Gasteiger partial charge in [0.2, 0.25) is 0 Å². The third-order valence-corrected chi connectivity index (χ3v) is 6.36. The first-order chi connectivity index (χ1) is 17.5. The number of halogens is 2. The molecule has 0 atom stereocenters. The lowest BCUT2D eigenvalue weighted by molar-refractivity contribution is 0.101. The quantitative estimate of drug-likeness (QED) is 0.397. The number of ether oxygens (including phenoxy) is 1. The first-order valence-electron chi connectivity index (χ1n) is 11.4. The zero-order valence-electron chi connectivity index (χ0n) is 19.3. The van der Waals surface area contributed by atoms with Crippen LogP contribution < -0.4 is 10.2 Å². The van der Waals surface area contributed by atoms with Crippen molar-refractivity contribution in [2.45, 2.75) is 0 Å². The Labute approximate surface area is 203 Å². The standard InChI is InChI=1S/C25H21F2N7O2/c1-33-21-10-19(26)22(23(27)18(21)13-29-33)25(35)30-15-2-3-20-17(9-15)24(32-31-20)14-8-16(12-28-11-14)34-4-6-36-7-5-34/h2-3,8-13H,4-7H2,1H3,(H,30,35)(H,31,32). The van der Waals surface area contributed by atoms with E-state index >= 15 is 0 Å². The summed E-state index contributed by atoms with van der Waals surface area (Å²) < 4.78 is 36.5. The van der Waals surface area contributed by atoms with Gasteiger partial charge in [-0.25, -0.2) is 8.78 Å². The summed E-state index contributed by atoms with van der Waals surface area (Å²) in [6.45, 7) is 2.88. The number of hydrogen-bond donors (Lipinski definition) is 2. The van der Waals surface area contributed by atoms with Crippen molar-refractivity contribution in [1.29, 1.82) is 0 Å². The van der Waals surface area contributed by atoms with Crippen molar-refractivity contribution in [2.24, 2.45) is 7.05 Å². The van der Waals surface area contributed by atoms with Crippen molar-refractivity contribution < 1.29 is 18.3 Å². The Kier molecular flexibility index (Phi) is 5.33. The predicted octanol–water partition coefficient (Wildman–Crippen LogP) is 3.88. The van der Waals surface area contributed by atoms with E-state index in [1.165, 1.54) is 10.9 Å². The Morgan fingerprint density at radius 1 is 1.08 bits per heavy atom. The molecule has 0 spiro atoms. The van der Waals surface area contributed by atoms with Crippen LogP contribution in [0.1, 0.15) is 10.4 Å². The van der Waals surface area contributed by atoms with Crippen LogP contribution in [0.3, 0.4) is 0 Å². The van der Waals surface area contributed by atoms with Gasteiger partial charge in [0.1, 0.15) is 22.9 Å². The van der Waals surface area contributed by atoms with Crippen molar-refractivity contribution in [2.75, 3.05) is 36.5 Å². The van der Waals surface area contributed by atoms with Gasteiger partial charge in [-0.15, -0.1) is 0 Å². The van der Waals surface area contributed by atoms with E-state index in [2.05, 4.69) is 30.5 Å². The number of rotatable bonds is 4. The molecule has 6 rings (SSSR count). The first kappa shape index (κ1) is 22.1. The van der Waals surface area contributed by atoms with Crippen LogP contribution in [0.15, 0.2) is 48.9 Å². The molecule has 3 aromatic heterocycles. The molecule has 0 bridgehead atoms. The van der Waals surface area contributed by atoms with Gasteiger partial charge >= 0.3 is 0 Å². The van der Waals surface area contributed by atoms with E-state index in [9.17, 15) is 13.6 Å². The molecular weight excluding hydrogens is 468 g/mol. The highest BCUT2D eigenvalue weighted by Gasteiger charge is 2.23. The Balaban J connectivity index is 1.33. The fourth-order valence-corrected chi connectivity index (χ4v) is 4.48. The first-order valence-corrected chi connectivity index (χ1v) is 11.4. The fourth-order valence-electron chi connectivity index (χ4n) is 4.48. The van der Waals surface area contributed by atoms with E-state index in [0.717, 1.165) is 41.3 Å². The molecule has 0 unspecified atom stereocenters. The molecule has 2 N–H and O–H groups in total. The van der Waals surface area contributed by atoms with E-state index in [1.54, 1.807) is 37.6 Å². The summed E-state index contributed by atoms with van der Waals surface area (Å²) in [6.07, 6.45) is 4.79. The minimum absolute atomic E-state index is 0.0734. The van der Waals surface area contributed by atoms with Crippen molar-refractivity contribution in [3.63, 3.8) is 0 Å². The Hall–Kier alpha value is -4.38. The van der Waals surface area contributed by atoms with Crippen molar-refractivity contribution in [3.8, 4) is 11.3 Å². The number of hydrogen-bond acceptors (Lipinski definition) is 6. The number of anilines is 2. The van der Waals surface area contributed by atoms with Gasteiger partial charge in [0, 0.05) is 49.0 Å². The van der Waals surface area contributed by atoms with E-state index in [4.69, 9.17) is 4.74 Å². The minimum atomic E-state index is -0.961. The SMILES string of the molecule is Cn1ncc2c(F)c(C(=O)Nc3ccc4[nH]nc(-c5cncc(N6CCOCC6)c5)c4c3)c(F)cc21. The molecule has 11 heteroatoms. The van der Waals surface area contributed by atoms with Crippen LogP contribution in [-0.2, 0) is 11.8 Å². The maximum atomic E-state index is 15.0. The van der Waals surface area contributed by atoms with Crippen LogP contribution >= 0.6 is 0 Å². The van der Waals surface area contributed by atoms with Gasteiger partial charge in [-0.05, 0) is 24.3 Å². The summed E-state index contributed by atoms with van der Waals surface area (Å²) >= 11 is 0. The third-order valence-electron chi connectivity index (χ3n) is 6.36. The van der Waals surface area contributed by atoms with Gasteiger partial charge in [-0.1, -0.05) is 0 Å². The van der Waals surface area contributed by atoms with Crippen molar-refractivity contribution in [3.05, 3.63) is 66.1 Å². The highest BCUT2D eigenvalue weighted by atomic mass is 19.1. The number of carbonyl (C=O) groups is 1. The Morgan fingerprint density at radius 2 is 1.92 bits per heavy atom. The lowest BCUT2D eigenvalue weighted by Crippen LogP contribution is -2.36. The number of carbonyl (C=O) groups excluding carboxylic acids is 1. The summed E-state index contributed by atoms with van der Waals surface area (Å²) in [6, 6.07) is 8.21. The number of aromatic nitrogens is 5. The summed E-state index contributed by atoms with van der Waals surface area (Å²) in [7, 11) is 1.57. The molecule has 5 aromatic rings. The predicted molar refractivity (Wildman–Crippen MR) is 131 cm³/mol. The van der Waals surface area contributed by atoms with Gasteiger partial charge in [-0.3, -0.25) is 19.6 Å².